The van der Waals surface area contributed by atoms with Crippen LogP contribution in [0.25, 0.3) is 0 Å². The van der Waals surface area contributed by atoms with Gasteiger partial charge in [0.05, 0.1) is 0 Å². The molecule has 2 aliphatic heterocycles. The van der Waals surface area contributed by atoms with Gasteiger partial charge in [0.25, 0.3) is 0 Å². The van der Waals surface area contributed by atoms with Crippen LogP contribution in [0.15, 0.2) is 0 Å². The lowest BCUT2D eigenvalue weighted by atomic mass is 10.2. The quantitative estimate of drug-likeness (QED) is 0.0355. The van der Waals surface area contributed by atoms with Crippen LogP contribution < -0.4 is 31.9 Å². The number of hydrogen-bond acceptors (Lipinski definition) is 14. The van der Waals surface area contributed by atoms with Crippen molar-refractivity contribution in [2.24, 2.45) is 0 Å². The molecule has 57 heavy (non-hydrogen) atoms. The number of nitrogens with one attached hydrogen (secondary N) is 6. The number of carbonyl (C=O) groups is 4. The fraction of sp³-hybridized carbons (Fsp3) is 0.897. The van der Waals surface area contributed by atoms with Gasteiger partial charge in [0.1, 0.15) is 0 Å². The van der Waals surface area contributed by atoms with Crippen molar-refractivity contribution in [2.75, 3.05) is 141 Å². The molecule has 2 saturated heterocycles. The molecule has 0 aromatic rings. The highest BCUT2D eigenvalue weighted by Gasteiger charge is 2.13. The van der Waals surface area contributed by atoms with Gasteiger partial charge in [-0.2, -0.15) is 0 Å². The second-order valence-corrected chi connectivity index (χ2v) is 20.0. The van der Waals surface area contributed by atoms with Crippen molar-refractivity contribution >= 4 is 66.8 Å². The summed E-state index contributed by atoms with van der Waals surface area (Å²) in [5.74, 6) is 3.37. The molecule has 14 nitrogen and oxygen atoms in total. The van der Waals surface area contributed by atoms with Crippen LogP contribution in [0.5, 0.6) is 0 Å². The molecule has 0 aromatic carbocycles. The summed E-state index contributed by atoms with van der Waals surface area (Å²) in [7, 11) is 6.76. The van der Waals surface area contributed by atoms with Gasteiger partial charge in [-0.3, -0.25) is 19.2 Å². The van der Waals surface area contributed by atoms with Crippen molar-refractivity contribution in [3.63, 3.8) is 0 Å². The van der Waals surface area contributed by atoms with E-state index in [1.54, 1.807) is 43.2 Å². The fourth-order valence-corrected chi connectivity index (χ4v) is 10.1. The molecule has 0 radical (unpaired) electrons. The zero-order chi connectivity index (χ0) is 40.9. The van der Waals surface area contributed by atoms with E-state index in [0.717, 1.165) is 68.5 Å². The van der Waals surface area contributed by atoms with Gasteiger partial charge in [-0.25, -0.2) is 0 Å². The largest absolute Gasteiger partial charge is 0.396 e. The van der Waals surface area contributed by atoms with Crippen molar-refractivity contribution in [3.05, 3.63) is 0 Å². The van der Waals surface area contributed by atoms with E-state index in [1.807, 2.05) is 0 Å². The van der Waals surface area contributed by atoms with Crippen LogP contribution in [0.4, 0.5) is 0 Å². The first kappa shape index (κ1) is 52.2. The van der Waals surface area contributed by atoms with Crippen molar-refractivity contribution < 1.29 is 24.3 Å². The van der Waals surface area contributed by atoms with E-state index in [-0.39, 0.29) is 30.2 Å². The van der Waals surface area contributed by atoms with E-state index in [2.05, 4.69) is 46.6 Å². The lowest BCUT2D eigenvalue weighted by Crippen LogP contribution is -2.35. The number of nitrogens with zero attached hydrogens (tertiary/aromatic N) is 3. The number of rotatable bonds is 39. The first-order valence-corrected chi connectivity index (χ1v) is 26.7. The Balaban J connectivity index is 1.34. The normalized spacial score (nSPS) is 14.7. The summed E-state index contributed by atoms with van der Waals surface area (Å²) in [6, 6.07) is 0. The zero-order valence-corrected chi connectivity index (χ0v) is 38.1. The van der Waals surface area contributed by atoms with Gasteiger partial charge < -0.3 is 51.7 Å². The number of unbranched alkanes of at least 4 members (excludes halogenated alkanes) is 1. The van der Waals surface area contributed by atoms with E-state index in [0.29, 0.717) is 84.5 Å². The molecular formula is C39H77N9O5S4. The van der Waals surface area contributed by atoms with Crippen LogP contribution in [0.2, 0.25) is 0 Å². The van der Waals surface area contributed by atoms with Gasteiger partial charge in [-0.05, 0) is 117 Å². The smallest absolute Gasteiger partial charge is 0.221 e. The Hall–Kier alpha value is -0.960. The second kappa shape index (κ2) is 38.0. The summed E-state index contributed by atoms with van der Waals surface area (Å²) in [5.41, 5.74) is 0. The number of aliphatic hydroxyl groups is 1. The molecule has 2 fully saturated rings. The first-order valence-electron chi connectivity index (χ1n) is 21.7. The highest BCUT2D eigenvalue weighted by atomic mass is 33.1. The van der Waals surface area contributed by atoms with Crippen LogP contribution in [0, 0.1) is 0 Å². The molecule has 332 valence electrons. The maximum Gasteiger partial charge on any atom is 0.221 e. The van der Waals surface area contributed by atoms with Crippen LogP contribution in [-0.2, 0) is 19.2 Å². The summed E-state index contributed by atoms with van der Waals surface area (Å²) in [4.78, 5) is 56.1. The maximum atomic E-state index is 12.4. The summed E-state index contributed by atoms with van der Waals surface area (Å²) in [5, 5.41) is 28.1. The Labute approximate surface area is 360 Å². The number of hydrogen-bond donors (Lipinski definition) is 7. The van der Waals surface area contributed by atoms with Crippen LogP contribution in [0.3, 0.4) is 0 Å². The molecule has 7 N–H and O–H groups in total. The molecule has 0 aromatic heterocycles. The summed E-state index contributed by atoms with van der Waals surface area (Å²) < 4.78 is 0. The third-order valence-electron chi connectivity index (χ3n) is 9.73. The monoisotopic (exact) mass is 879 g/mol. The minimum atomic E-state index is -0.0215. The standard InChI is InChI=1S/C39H77N9O5S4/c49-31-9-28-48(30-13-39(53)45-21-35-57-55-33-19-43-37(51)11-17-41-16-8-27-47-24-5-6-25-47)29-12-38(52)44-20-34-56-54-32-18-42-36(50)10-1-2-14-40-15-7-26-46-22-3-4-23-46/h40-41,49H,1-35H2,(H,42,50)(H,43,51)(H,44,52)(H,45,53). The first-order chi connectivity index (χ1) is 28.0. The van der Waals surface area contributed by atoms with Crippen molar-refractivity contribution in [2.45, 2.75) is 83.5 Å². The summed E-state index contributed by atoms with van der Waals surface area (Å²) in [6.45, 7) is 15.2. The SMILES string of the molecule is O=C(CCCCNCCCN1CCCC1)NCCSSCCNC(=O)CCN(CCCO)CCC(=O)NCCSSCCNC(=O)CCNCCCN1CCCC1. The molecule has 2 aliphatic rings. The van der Waals surface area contributed by atoms with Crippen molar-refractivity contribution in [1.82, 2.24) is 46.6 Å². The molecule has 0 bridgehead atoms. The molecule has 18 heteroatoms. The van der Waals surface area contributed by atoms with Gasteiger partial charge >= 0.3 is 0 Å². The van der Waals surface area contributed by atoms with Gasteiger partial charge in [0.2, 0.25) is 23.6 Å². The molecule has 2 heterocycles. The molecule has 0 atom stereocenters. The minimum absolute atomic E-state index is 0.0201. The van der Waals surface area contributed by atoms with Gasteiger partial charge in [0, 0.05) is 108 Å². The topological polar surface area (TPSA) is 170 Å². The van der Waals surface area contributed by atoms with Gasteiger partial charge in [-0.15, -0.1) is 0 Å². The molecule has 2 rings (SSSR count). The average Bonchev–Trinajstić information content (AvgIpc) is 3.94. The number of likely N-dealkylation sites (tertiary alicyclic amines) is 2. The third-order valence-corrected chi connectivity index (χ3v) is 14.5. The summed E-state index contributed by atoms with van der Waals surface area (Å²) >= 11 is 0. The van der Waals surface area contributed by atoms with E-state index in [9.17, 15) is 24.3 Å². The minimum Gasteiger partial charge on any atom is -0.396 e. The number of carbonyl (C=O) groups excluding carboxylic acids is 4. The maximum absolute atomic E-state index is 12.4. The fourth-order valence-electron chi connectivity index (χ4n) is 6.52. The Bertz CT molecular complexity index is 1030. The highest BCUT2D eigenvalue weighted by Crippen LogP contribution is 2.20. The van der Waals surface area contributed by atoms with Crippen molar-refractivity contribution in [1.29, 1.82) is 0 Å². The van der Waals surface area contributed by atoms with Crippen LogP contribution >= 0.6 is 43.2 Å². The Morgan fingerprint density at radius 2 is 0.860 bits per heavy atom. The zero-order valence-electron chi connectivity index (χ0n) is 34.8. The van der Waals surface area contributed by atoms with Crippen LogP contribution in [0.1, 0.15) is 83.5 Å². The van der Waals surface area contributed by atoms with E-state index in [1.165, 1.54) is 64.8 Å². The predicted molar refractivity (Wildman–Crippen MR) is 244 cm³/mol. The van der Waals surface area contributed by atoms with Crippen LogP contribution in [-0.4, -0.2) is 184 Å². The second-order valence-electron chi connectivity index (χ2n) is 14.6. The molecule has 0 unspecified atom stereocenters. The summed E-state index contributed by atoms with van der Waals surface area (Å²) in [6.07, 6.45) is 11.9. The van der Waals surface area contributed by atoms with Gasteiger partial charge in [-0.1, -0.05) is 43.2 Å². The number of amides is 4. The van der Waals surface area contributed by atoms with Gasteiger partial charge in [0.15, 0.2) is 0 Å². The predicted octanol–water partition coefficient (Wildman–Crippen LogP) is 2.39. The number of aliphatic hydroxyl groups excluding tert-OH is 1. The lowest BCUT2D eigenvalue weighted by Gasteiger charge is -2.21. The third kappa shape index (κ3) is 32.5. The molecule has 0 spiro atoms. The highest BCUT2D eigenvalue weighted by molar-refractivity contribution is 8.77. The Morgan fingerprint density at radius 1 is 0.456 bits per heavy atom. The molecular weight excluding hydrogens is 803 g/mol. The molecule has 0 aliphatic carbocycles. The van der Waals surface area contributed by atoms with E-state index in [4.69, 9.17) is 0 Å². The molecule has 0 saturated carbocycles. The molecule has 4 amide bonds. The van der Waals surface area contributed by atoms with E-state index < -0.39 is 0 Å². The van der Waals surface area contributed by atoms with E-state index >= 15 is 0 Å². The Morgan fingerprint density at radius 3 is 1.32 bits per heavy atom. The average molecular weight is 880 g/mol. The lowest BCUT2D eigenvalue weighted by molar-refractivity contribution is -0.122. The Kier molecular flexibility index (Phi) is 34.8. The van der Waals surface area contributed by atoms with Crippen molar-refractivity contribution in [3.8, 4) is 0 Å².